The molecule has 0 spiro atoms. The van der Waals surface area contributed by atoms with Crippen LogP contribution in [0.4, 0.5) is 0 Å². The topological polar surface area (TPSA) is 19.4 Å². The van der Waals surface area contributed by atoms with Crippen LogP contribution in [0.5, 0.6) is 0 Å². The molecule has 1 aliphatic rings. The van der Waals surface area contributed by atoms with Crippen LogP contribution in [0.1, 0.15) is 35.6 Å². The molecule has 2 heterocycles. The summed E-state index contributed by atoms with van der Waals surface area (Å²) in [5.41, 5.74) is 3.94. The zero-order chi connectivity index (χ0) is 16.2. The van der Waals surface area contributed by atoms with Gasteiger partial charge in [0.1, 0.15) is 0 Å². The van der Waals surface area contributed by atoms with Crippen LogP contribution in [-0.4, -0.2) is 35.4 Å². The third kappa shape index (κ3) is 4.11. The van der Waals surface area contributed by atoms with Crippen molar-refractivity contribution in [3.05, 3.63) is 64.4 Å². The molecule has 0 unspecified atom stereocenters. The van der Waals surface area contributed by atoms with Crippen molar-refractivity contribution in [2.75, 3.05) is 20.6 Å². The molecular formula is C19H24ClN3. The number of benzene rings is 1. The Kier molecular flexibility index (Phi) is 5.31. The van der Waals surface area contributed by atoms with Gasteiger partial charge in [-0.1, -0.05) is 35.9 Å². The maximum absolute atomic E-state index is 6.27. The normalized spacial score (nSPS) is 18.7. The molecule has 122 valence electrons. The standard InChI is InChI=1S/C19H24ClN3/c1-22(2)13-15-5-7-16(8-6-15)19-4-3-11-23(19)14-17-9-10-21-12-18(17)20/h5-10,12,19H,3-4,11,13-14H2,1-2H3/t19-/m0/s1. The van der Waals surface area contributed by atoms with Crippen molar-refractivity contribution < 1.29 is 0 Å². The number of hydrogen-bond donors (Lipinski definition) is 0. The zero-order valence-corrected chi connectivity index (χ0v) is 14.6. The van der Waals surface area contributed by atoms with Gasteiger partial charge in [-0.15, -0.1) is 0 Å². The van der Waals surface area contributed by atoms with Crippen LogP contribution in [0, 0.1) is 0 Å². The van der Waals surface area contributed by atoms with E-state index in [0.717, 1.165) is 30.2 Å². The lowest BCUT2D eigenvalue weighted by molar-refractivity contribution is 0.248. The lowest BCUT2D eigenvalue weighted by Crippen LogP contribution is -2.23. The van der Waals surface area contributed by atoms with Gasteiger partial charge in [-0.2, -0.15) is 0 Å². The quantitative estimate of drug-likeness (QED) is 0.822. The summed E-state index contributed by atoms with van der Waals surface area (Å²) >= 11 is 6.27. The average molecular weight is 330 g/mol. The van der Waals surface area contributed by atoms with Crippen LogP contribution >= 0.6 is 11.6 Å². The second kappa shape index (κ2) is 7.43. The Balaban J connectivity index is 1.72. The van der Waals surface area contributed by atoms with Crippen LogP contribution in [0.2, 0.25) is 5.02 Å². The van der Waals surface area contributed by atoms with Gasteiger partial charge in [-0.25, -0.2) is 0 Å². The lowest BCUT2D eigenvalue weighted by Gasteiger charge is -2.25. The number of nitrogens with zero attached hydrogens (tertiary/aromatic N) is 3. The molecule has 0 bridgehead atoms. The highest BCUT2D eigenvalue weighted by molar-refractivity contribution is 6.31. The van der Waals surface area contributed by atoms with Gasteiger partial charge in [0, 0.05) is 31.5 Å². The van der Waals surface area contributed by atoms with Gasteiger partial charge in [0.05, 0.1) is 5.02 Å². The van der Waals surface area contributed by atoms with Crippen LogP contribution in [0.25, 0.3) is 0 Å². The summed E-state index contributed by atoms with van der Waals surface area (Å²) in [4.78, 5) is 8.80. The molecule has 3 nitrogen and oxygen atoms in total. The molecule has 1 aromatic heterocycles. The van der Waals surface area contributed by atoms with Crippen molar-refractivity contribution in [3.8, 4) is 0 Å². The first-order valence-corrected chi connectivity index (χ1v) is 8.57. The first-order chi connectivity index (χ1) is 11.1. The molecule has 0 amide bonds. The molecule has 3 rings (SSSR count). The van der Waals surface area contributed by atoms with E-state index in [0.29, 0.717) is 6.04 Å². The van der Waals surface area contributed by atoms with E-state index < -0.39 is 0 Å². The van der Waals surface area contributed by atoms with Gasteiger partial charge in [-0.3, -0.25) is 9.88 Å². The minimum absolute atomic E-state index is 0.493. The predicted molar refractivity (Wildman–Crippen MR) is 95.5 cm³/mol. The lowest BCUT2D eigenvalue weighted by atomic mass is 10.0. The van der Waals surface area contributed by atoms with Crippen molar-refractivity contribution >= 4 is 11.6 Å². The van der Waals surface area contributed by atoms with Crippen molar-refractivity contribution in [3.63, 3.8) is 0 Å². The summed E-state index contributed by atoms with van der Waals surface area (Å²) in [5.74, 6) is 0. The van der Waals surface area contributed by atoms with Crippen LogP contribution in [0.3, 0.4) is 0 Å². The molecule has 1 atom stereocenters. The molecule has 1 saturated heterocycles. The first-order valence-electron chi connectivity index (χ1n) is 8.19. The molecule has 0 radical (unpaired) electrons. The highest BCUT2D eigenvalue weighted by atomic mass is 35.5. The fourth-order valence-corrected chi connectivity index (χ4v) is 3.53. The van der Waals surface area contributed by atoms with E-state index in [1.807, 2.05) is 12.3 Å². The number of halogens is 1. The average Bonchev–Trinajstić information content (AvgIpc) is 2.98. The van der Waals surface area contributed by atoms with E-state index in [1.54, 1.807) is 6.20 Å². The maximum atomic E-state index is 6.27. The molecule has 0 N–H and O–H groups in total. The van der Waals surface area contributed by atoms with E-state index in [2.05, 4.69) is 53.1 Å². The Morgan fingerprint density at radius 1 is 1.22 bits per heavy atom. The summed E-state index contributed by atoms with van der Waals surface area (Å²) in [6, 6.07) is 11.6. The number of aromatic nitrogens is 1. The highest BCUT2D eigenvalue weighted by Gasteiger charge is 2.26. The van der Waals surface area contributed by atoms with Gasteiger partial charge in [-0.05, 0) is 56.2 Å². The zero-order valence-electron chi connectivity index (χ0n) is 13.9. The van der Waals surface area contributed by atoms with Crippen LogP contribution < -0.4 is 0 Å². The van der Waals surface area contributed by atoms with Crippen molar-refractivity contribution in [1.82, 2.24) is 14.8 Å². The van der Waals surface area contributed by atoms with Gasteiger partial charge in [0.15, 0.2) is 0 Å². The summed E-state index contributed by atoms with van der Waals surface area (Å²) in [6.07, 6.45) is 6.02. The summed E-state index contributed by atoms with van der Waals surface area (Å²) in [5, 5.41) is 0.763. The number of rotatable bonds is 5. The molecular weight excluding hydrogens is 306 g/mol. The number of hydrogen-bond acceptors (Lipinski definition) is 3. The molecule has 23 heavy (non-hydrogen) atoms. The molecule has 1 aliphatic heterocycles. The second-order valence-electron chi connectivity index (χ2n) is 6.57. The minimum Gasteiger partial charge on any atom is -0.305 e. The van der Waals surface area contributed by atoms with Gasteiger partial charge < -0.3 is 4.90 Å². The molecule has 0 saturated carbocycles. The van der Waals surface area contributed by atoms with Crippen molar-refractivity contribution in [2.45, 2.75) is 32.0 Å². The molecule has 1 fully saturated rings. The van der Waals surface area contributed by atoms with Gasteiger partial charge >= 0.3 is 0 Å². The fourth-order valence-electron chi connectivity index (χ4n) is 3.35. The monoisotopic (exact) mass is 329 g/mol. The third-order valence-corrected chi connectivity index (χ3v) is 4.80. The molecule has 1 aromatic carbocycles. The Labute approximate surface area is 143 Å². The highest BCUT2D eigenvalue weighted by Crippen LogP contribution is 2.34. The van der Waals surface area contributed by atoms with Gasteiger partial charge in [0.2, 0.25) is 0 Å². The summed E-state index contributed by atoms with van der Waals surface area (Å²) < 4.78 is 0. The minimum atomic E-state index is 0.493. The van der Waals surface area contributed by atoms with E-state index in [9.17, 15) is 0 Å². The van der Waals surface area contributed by atoms with E-state index in [4.69, 9.17) is 11.6 Å². The van der Waals surface area contributed by atoms with Crippen molar-refractivity contribution in [2.24, 2.45) is 0 Å². The fraction of sp³-hybridized carbons (Fsp3) is 0.421. The van der Waals surface area contributed by atoms with E-state index in [-0.39, 0.29) is 0 Å². The van der Waals surface area contributed by atoms with Crippen LogP contribution in [-0.2, 0) is 13.1 Å². The molecule has 0 aliphatic carbocycles. The summed E-state index contributed by atoms with van der Waals surface area (Å²) in [7, 11) is 4.20. The Hall–Kier alpha value is -1.42. The summed E-state index contributed by atoms with van der Waals surface area (Å²) in [6.45, 7) is 3.01. The Bertz CT molecular complexity index is 639. The predicted octanol–water partition coefficient (Wildman–Crippen LogP) is 4.13. The van der Waals surface area contributed by atoms with E-state index in [1.165, 1.54) is 24.0 Å². The van der Waals surface area contributed by atoms with Crippen LogP contribution in [0.15, 0.2) is 42.7 Å². The SMILES string of the molecule is CN(C)Cc1ccc([C@@H]2CCCN2Cc2ccncc2Cl)cc1. The largest absolute Gasteiger partial charge is 0.305 e. The van der Waals surface area contributed by atoms with E-state index >= 15 is 0 Å². The third-order valence-electron chi connectivity index (χ3n) is 4.46. The number of pyridine rings is 1. The smallest absolute Gasteiger partial charge is 0.0634 e. The van der Waals surface area contributed by atoms with Crippen molar-refractivity contribution in [1.29, 1.82) is 0 Å². The molecule has 4 heteroatoms. The molecule has 2 aromatic rings. The Morgan fingerprint density at radius 2 is 2.00 bits per heavy atom. The van der Waals surface area contributed by atoms with Gasteiger partial charge in [0.25, 0.3) is 0 Å². The first kappa shape index (κ1) is 16.4. The maximum Gasteiger partial charge on any atom is 0.0634 e. The number of likely N-dealkylation sites (tertiary alicyclic amines) is 1. The Morgan fingerprint density at radius 3 is 2.70 bits per heavy atom. The second-order valence-corrected chi connectivity index (χ2v) is 6.98.